The average molecular weight is 327 g/mol. The smallest absolute Gasteiger partial charge is 0.314 e. The molecular formula is C13H9ClF2N4O2. The summed E-state index contributed by atoms with van der Waals surface area (Å²) in [6.45, 7) is 0.288. The first-order valence-corrected chi connectivity index (χ1v) is 6.55. The molecule has 0 bridgehead atoms. The zero-order chi connectivity index (χ0) is 15.5. The highest BCUT2D eigenvalue weighted by atomic mass is 35.5. The van der Waals surface area contributed by atoms with E-state index in [1.807, 2.05) is 6.07 Å². The molecule has 0 unspecified atom stereocenters. The first-order chi connectivity index (χ1) is 10.6. The molecule has 0 fully saturated rings. The van der Waals surface area contributed by atoms with Gasteiger partial charge in [-0.1, -0.05) is 17.7 Å². The first kappa shape index (κ1) is 14.5. The molecule has 1 aromatic carbocycles. The number of aromatic nitrogens is 3. The summed E-state index contributed by atoms with van der Waals surface area (Å²) in [7, 11) is 0. The van der Waals surface area contributed by atoms with Crippen LogP contribution in [-0.4, -0.2) is 15.2 Å². The van der Waals surface area contributed by atoms with Gasteiger partial charge in [-0.3, -0.25) is 0 Å². The molecule has 0 aliphatic heterocycles. The fraction of sp³-hybridized carbons (Fsp3) is 0.154. The van der Waals surface area contributed by atoms with Crippen LogP contribution in [0, 0.1) is 0 Å². The van der Waals surface area contributed by atoms with Gasteiger partial charge in [-0.25, -0.2) is 4.98 Å². The van der Waals surface area contributed by atoms with Crippen molar-refractivity contribution in [1.82, 2.24) is 15.2 Å². The Balaban J connectivity index is 1.68. The average Bonchev–Trinajstić information content (AvgIpc) is 3.14. The maximum atomic E-state index is 12.4. The maximum absolute atomic E-state index is 12.4. The predicted molar refractivity (Wildman–Crippen MR) is 73.5 cm³/mol. The maximum Gasteiger partial charge on any atom is 0.314 e. The summed E-state index contributed by atoms with van der Waals surface area (Å²) < 4.78 is 34.8. The lowest BCUT2D eigenvalue weighted by atomic mass is 10.3. The third-order valence-corrected chi connectivity index (χ3v) is 2.90. The van der Waals surface area contributed by atoms with E-state index in [2.05, 4.69) is 20.5 Å². The van der Waals surface area contributed by atoms with E-state index in [9.17, 15) is 8.78 Å². The van der Waals surface area contributed by atoms with Crippen molar-refractivity contribution in [3.05, 3.63) is 47.3 Å². The number of halogens is 3. The largest absolute Gasteiger partial charge is 0.446 e. The third-order valence-electron chi connectivity index (χ3n) is 2.67. The van der Waals surface area contributed by atoms with Gasteiger partial charge >= 0.3 is 6.43 Å². The van der Waals surface area contributed by atoms with Crippen LogP contribution in [0.2, 0.25) is 5.02 Å². The zero-order valence-electron chi connectivity index (χ0n) is 11.0. The summed E-state index contributed by atoms with van der Waals surface area (Å²) in [6, 6.07) is 7.14. The third kappa shape index (κ3) is 3.22. The SMILES string of the molecule is FC(F)c1nnc(-c2coc(CNc3cccc(Cl)c3)n2)o1. The lowest BCUT2D eigenvalue weighted by molar-refractivity contribution is 0.116. The van der Waals surface area contributed by atoms with Crippen LogP contribution in [0.25, 0.3) is 11.6 Å². The normalized spacial score (nSPS) is 11.1. The van der Waals surface area contributed by atoms with Crippen LogP contribution < -0.4 is 5.32 Å². The van der Waals surface area contributed by atoms with Gasteiger partial charge in [-0.2, -0.15) is 8.78 Å². The quantitative estimate of drug-likeness (QED) is 0.765. The monoisotopic (exact) mass is 326 g/mol. The number of benzene rings is 1. The fourth-order valence-corrected chi connectivity index (χ4v) is 1.88. The molecule has 22 heavy (non-hydrogen) atoms. The lowest BCUT2D eigenvalue weighted by Crippen LogP contribution is -1.99. The topological polar surface area (TPSA) is 77.0 Å². The van der Waals surface area contributed by atoms with Crippen molar-refractivity contribution in [3.63, 3.8) is 0 Å². The van der Waals surface area contributed by atoms with E-state index in [1.165, 1.54) is 6.26 Å². The Hall–Kier alpha value is -2.48. The summed E-state index contributed by atoms with van der Waals surface area (Å²) in [6.07, 6.45) is -1.56. The second kappa shape index (κ2) is 6.10. The fourth-order valence-electron chi connectivity index (χ4n) is 1.69. The minimum atomic E-state index is -2.82. The van der Waals surface area contributed by atoms with Crippen LogP contribution in [0.3, 0.4) is 0 Å². The molecule has 0 atom stereocenters. The van der Waals surface area contributed by atoms with E-state index >= 15 is 0 Å². The Kier molecular flexibility index (Phi) is 4.01. The van der Waals surface area contributed by atoms with Crippen LogP contribution in [0.5, 0.6) is 0 Å². The molecule has 3 aromatic rings. The van der Waals surface area contributed by atoms with Gasteiger partial charge in [0.1, 0.15) is 6.26 Å². The highest BCUT2D eigenvalue weighted by molar-refractivity contribution is 6.30. The molecule has 0 aliphatic carbocycles. The summed E-state index contributed by atoms with van der Waals surface area (Å²) in [5, 5.41) is 10.4. The molecule has 9 heteroatoms. The predicted octanol–water partition coefficient (Wildman–Crippen LogP) is 3.93. The van der Waals surface area contributed by atoms with Gasteiger partial charge in [-0.15, -0.1) is 10.2 Å². The molecule has 1 N–H and O–H groups in total. The molecule has 2 aromatic heterocycles. The van der Waals surface area contributed by atoms with Gasteiger partial charge < -0.3 is 14.2 Å². The van der Waals surface area contributed by atoms with Crippen LogP contribution in [0.1, 0.15) is 18.2 Å². The molecule has 3 rings (SSSR count). The van der Waals surface area contributed by atoms with Crippen LogP contribution >= 0.6 is 11.6 Å². The van der Waals surface area contributed by atoms with Crippen molar-refractivity contribution < 1.29 is 17.6 Å². The molecule has 0 saturated carbocycles. The number of rotatable bonds is 5. The Morgan fingerprint density at radius 3 is 2.86 bits per heavy atom. The molecular weight excluding hydrogens is 318 g/mol. The molecule has 6 nitrogen and oxygen atoms in total. The van der Waals surface area contributed by atoms with Crippen LogP contribution in [-0.2, 0) is 6.54 Å². The number of hydrogen-bond acceptors (Lipinski definition) is 6. The Bertz CT molecular complexity index is 775. The summed E-state index contributed by atoms with van der Waals surface area (Å²) in [4.78, 5) is 4.09. The van der Waals surface area contributed by atoms with E-state index < -0.39 is 12.3 Å². The van der Waals surface area contributed by atoms with E-state index in [1.54, 1.807) is 18.2 Å². The number of nitrogens with zero attached hydrogens (tertiary/aromatic N) is 3. The molecule has 114 valence electrons. The zero-order valence-corrected chi connectivity index (χ0v) is 11.7. The number of nitrogens with one attached hydrogen (secondary N) is 1. The van der Waals surface area contributed by atoms with E-state index in [0.29, 0.717) is 10.9 Å². The minimum Gasteiger partial charge on any atom is -0.446 e. The van der Waals surface area contributed by atoms with E-state index in [-0.39, 0.29) is 18.1 Å². The molecule has 0 saturated heterocycles. The second-order valence-electron chi connectivity index (χ2n) is 4.24. The molecule has 0 amide bonds. The molecule has 2 heterocycles. The number of anilines is 1. The van der Waals surface area contributed by atoms with Gasteiger partial charge in [0.15, 0.2) is 5.69 Å². The van der Waals surface area contributed by atoms with Gasteiger partial charge in [0.25, 0.3) is 11.8 Å². The van der Waals surface area contributed by atoms with Crippen molar-refractivity contribution >= 4 is 17.3 Å². The van der Waals surface area contributed by atoms with Crippen molar-refractivity contribution in [1.29, 1.82) is 0 Å². The number of hydrogen-bond donors (Lipinski definition) is 1. The number of oxazole rings is 1. The van der Waals surface area contributed by atoms with E-state index in [4.69, 9.17) is 20.4 Å². The van der Waals surface area contributed by atoms with Gasteiger partial charge in [0.2, 0.25) is 5.89 Å². The summed E-state index contributed by atoms with van der Waals surface area (Å²) >= 11 is 5.87. The lowest BCUT2D eigenvalue weighted by Gasteiger charge is -2.03. The molecule has 0 aliphatic rings. The van der Waals surface area contributed by atoms with Gasteiger partial charge in [0, 0.05) is 10.7 Å². The van der Waals surface area contributed by atoms with Gasteiger partial charge in [-0.05, 0) is 18.2 Å². The van der Waals surface area contributed by atoms with Crippen LogP contribution in [0.15, 0.2) is 39.4 Å². The summed E-state index contributed by atoms with van der Waals surface area (Å²) in [5.74, 6) is -0.531. The Labute approximate surface area is 128 Å². The Morgan fingerprint density at radius 2 is 2.14 bits per heavy atom. The summed E-state index contributed by atoms with van der Waals surface area (Å²) in [5.41, 5.74) is 0.993. The van der Waals surface area contributed by atoms with Crippen molar-refractivity contribution in [2.45, 2.75) is 13.0 Å². The number of alkyl halides is 2. The first-order valence-electron chi connectivity index (χ1n) is 6.17. The van der Waals surface area contributed by atoms with Gasteiger partial charge in [0.05, 0.1) is 6.54 Å². The van der Waals surface area contributed by atoms with E-state index in [0.717, 1.165) is 5.69 Å². The molecule has 0 spiro atoms. The van der Waals surface area contributed by atoms with Crippen molar-refractivity contribution in [3.8, 4) is 11.6 Å². The standard InChI is InChI=1S/C13H9ClF2N4O2/c14-7-2-1-3-8(4-7)17-5-10-18-9(6-21-10)12-19-20-13(22-12)11(15)16/h1-4,6,11,17H,5H2. The highest BCUT2D eigenvalue weighted by Gasteiger charge is 2.19. The molecule has 0 radical (unpaired) electrons. The Morgan fingerprint density at radius 1 is 1.27 bits per heavy atom. The highest BCUT2D eigenvalue weighted by Crippen LogP contribution is 2.23. The second-order valence-corrected chi connectivity index (χ2v) is 4.67. The van der Waals surface area contributed by atoms with Crippen molar-refractivity contribution in [2.75, 3.05) is 5.32 Å². The van der Waals surface area contributed by atoms with Crippen LogP contribution in [0.4, 0.5) is 14.5 Å². The van der Waals surface area contributed by atoms with Crippen molar-refractivity contribution in [2.24, 2.45) is 0 Å². The minimum absolute atomic E-state index is 0.118.